The van der Waals surface area contributed by atoms with Gasteiger partial charge < -0.3 is 5.32 Å². The van der Waals surface area contributed by atoms with Gasteiger partial charge in [-0.2, -0.15) is 8.78 Å². The topological polar surface area (TPSA) is 72.2 Å². The van der Waals surface area contributed by atoms with Crippen molar-refractivity contribution in [3.05, 3.63) is 61.7 Å². The molecule has 9 heteroatoms. The van der Waals surface area contributed by atoms with Crippen molar-refractivity contribution < 1.29 is 18.5 Å². The van der Waals surface area contributed by atoms with E-state index in [1.165, 1.54) is 30.3 Å². The summed E-state index contributed by atoms with van der Waals surface area (Å²) in [7, 11) is 0. The van der Waals surface area contributed by atoms with E-state index >= 15 is 0 Å². The molecule has 5 nitrogen and oxygen atoms in total. The minimum absolute atomic E-state index is 0.110. The molecule has 0 unspecified atom stereocenters. The third-order valence-electron chi connectivity index (χ3n) is 2.73. The Bertz CT molecular complexity index is 759. The molecule has 0 aliphatic rings. The van der Waals surface area contributed by atoms with Crippen molar-refractivity contribution in [2.24, 2.45) is 0 Å². The lowest BCUT2D eigenvalue weighted by Gasteiger charge is -2.08. The van der Waals surface area contributed by atoms with E-state index in [2.05, 4.69) is 5.32 Å². The van der Waals surface area contributed by atoms with Gasteiger partial charge in [-0.25, -0.2) is 0 Å². The number of benzene rings is 2. The highest BCUT2D eigenvalue weighted by Gasteiger charge is 2.15. The summed E-state index contributed by atoms with van der Waals surface area (Å²) in [4.78, 5) is 22.7. The van der Waals surface area contributed by atoms with Crippen LogP contribution in [-0.4, -0.2) is 16.6 Å². The number of nitrogens with zero attached hydrogens (tertiary/aromatic N) is 1. The quantitative estimate of drug-likeness (QED) is 0.309. The van der Waals surface area contributed by atoms with Crippen LogP contribution in [0.1, 0.15) is 10.4 Å². The van der Waals surface area contributed by atoms with E-state index in [1.807, 2.05) is 22.6 Å². The second-order valence-electron chi connectivity index (χ2n) is 4.28. The summed E-state index contributed by atoms with van der Waals surface area (Å²) in [6.45, 7) is 0. The molecule has 0 radical (unpaired) electrons. The Kier molecular flexibility index (Phi) is 5.88. The van der Waals surface area contributed by atoms with E-state index in [9.17, 15) is 23.7 Å². The fraction of sp³-hybridized carbons (Fsp3) is 0.0714. The van der Waals surface area contributed by atoms with Crippen molar-refractivity contribution in [3.63, 3.8) is 0 Å². The molecule has 0 atom stereocenters. The summed E-state index contributed by atoms with van der Waals surface area (Å²) < 4.78 is 25.1. The Labute approximate surface area is 147 Å². The van der Waals surface area contributed by atoms with Gasteiger partial charge in [0.05, 0.1) is 10.5 Å². The van der Waals surface area contributed by atoms with Gasteiger partial charge in [0.15, 0.2) is 0 Å². The predicted octanol–water partition coefficient (Wildman–Crippen LogP) is 4.77. The van der Waals surface area contributed by atoms with Crippen LogP contribution in [0.2, 0.25) is 0 Å². The van der Waals surface area contributed by atoms with Crippen molar-refractivity contribution in [2.75, 3.05) is 5.32 Å². The smallest absolute Gasteiger partial charge is 0.288 e. The maximum Gasteiger partial charge on any atom is 0.288 e. The molecule has 0 aliphatic carbocycles. The largest absolute Gasteiger partial charge is 0.322 e. The molecular weight excluding hydrogens is 441 g/mol. The first-order valence-corrected chi connectivity index (χ1v) is 8.13. The molecule has 2 aromatic rings. The summed E-state index contributed by atoms with van der Waals surface area (Å²) in [5.74, 6) is -3.01. The number of anilines is 1. The molecule has 2 aromatic carbocycles. The molecule has 0 spiro atoms. The number of nitro benzene ring substituents is 1. The molecule has 1 amide bonds. The van der Waals surface area contributed by atoms with Crippen LogP contribution >= 0.6 is 34.4 Å². The number of non-ortho nitro benzene ring substituents is 1. The molecular formula is C14H9F2IN2O3S. The highest BCUT2D eigenvalue weighted by molar-refractivity contribution is 14.1. The van der Waals surface area contributed by atoms with Gasteiger partial charge in [-0.1, -0.05) is 17.8 Å². The molecule has 0 saturated heterocycles. The molecule has 2 rings (SSSR count). The normalized spacial score (nSPS) is 10.6. The number of rotatable bonds is 5. The zero-order chi connectivity index (χ0) is 17.0. The van der Waals surface area contributed by atoms with Crippen LogP contribution in [0.5, 0.6) is 0 Å². The van der Waals surface area contributed by atoms with Crippen LogP contribution in [0.4, 0.5) is 20.2 Å². The molecule has 0 saturated carbocycles. The number of hydrogen-bond acceptors (Lipinski definition) is 4. The van der Waals surface area contributed by atoms with Crippen molar-refractivity contribution in [1.29, 1.82) is 0 Å². The highest BCUT2D eigenvalue weighted by Crippen LogP contribution is 2.27. The first-order valence-electron chi connectivity index (χ1n) is 6.17. The van der Waals surface area contributed by atoms with Gasteiger partial charge in [-0.3, -0.25) is 14.9 Å². The van der Waals surface area contributed by atoms with Crippen LogP contribution in [-0.2, 0) is 0 Å². The lowest BCUT2D eigenvalue weighted by Crippen LogP contribution is -2.13. The van der Waals surface area contributed by atoms with Crippen LogP contribution < -0.4 is 5.32 Å². The maximum absolute atomic E-state index is 12.4. The number of nitro groups is 1. The molecule has 23 heavy (non-hydrogen) atoms. The van der Waals surface area contributed by atoms with Gasteiger partial charge in [-0.05, 0) is 46.9 Å². The fourth-order valence-electron chi connectivity index (χ4n) is 1.75. The van der Waals surface area contributed by atoms with Crippen LogP contribution in [0.15, 0.2) is 47.4 Å². The first kappa shape index (κ1) is 17.6. The number of amides is 1. The van der Waals surface area contributed by atoms with E-state index in [1.54, 1.807) is 12.1 Å². The number of alkyl halides is 2. The van der Waals surface area contributed by atoms with Crippen molar-refractivity contribution in [2.45, 2.75) is 10.7 Å². The van der Waals surface area contributed by atoms with Crippen LogP contribution in [0.25, 0.3) is 0 Å². The predicted molar refractivity (Wildman–Crippen MR) is 92.1 cm³/mol. The number of carbonyl (C=O) groups excluding carboxylic acids is 1. The zero-order valence-corrected chi connectivity index (χ0v) is 14.3. The lowest BCUT2D eigenvalue weighted by molar-refractivity contribution is -0.384. The molecule has 0 aliphatic heterocycles. The number of nitrogens with one attached hydrogen (secondary N) is 1. The van der Waals surface area contributed by atoms with Crippen LogP contribution in [0, 0.1) is 13.7 Å². The summed E-state index contributed by atoms with van der Waals surface area (Å²) in [5.41, 5.74) is 0.527. The summed E-state index contributed by atoms with van der Waals surface area (Å²) >= 11 is 2.21. The minimum Gasteiger partial charge on any atom is -0.322 e. The summed E-state index contributed by atoms with van der Waals surface area (Å²) in [6, 6.07) is 9.97. The molecule has 0 fully saturated rings. The van der Waals surface area contributed by atoms with Crippen molar-refractivity contribution >= 4 is 51.6 Å². The Hall–Kier alpha value is -1.75. The van der Waals surface area contributed by atoms with E-state index in [-0.39, 0.29) is 11.3 Å². The minimum atomic E-state index is -2.54. The van der Waals surface area contributed by atoms with E-state index in [4.69, 9.17) is 0 Å². The monoisotopic (exact) mass is 450 g/mol. The van der Waals surface area contributed by atoms with Gasteiger partial charge in [0.1, 0.15) is 0 Å². The Morgan fingerprint density at radius 1 is 1.26 bits per heavy atom. The highest BCUT2D eigenvalue weighted by atomic mass is 127. The Morgan fingerprint density at radius 3 is 2.61 bits per heavy atom. The van der Waals surface area contributed by atoms with Gasteiger partial charge in [0.2, 0.25) is 0 Å². The van der Waals surface area contributed by atoms with E-state index in [0.717, 1.165) is 0 Å². The molecule has 0 bridgehead atoms. The maximum atomic E-state index is 12.4. The van der Waals surface area contributed by atoms with E-state index in [0.29, 0.717) is 25.9 Å². The third-order valence-corrected chi connectivity index (χ3v) is 4.32. The van der Waals surface area contributed by atoms with Gasteiger partial charge >= 0.3 is 0 Å². The summed E-state index contributed by atoms with van der Waals surface area (Å²) in [5, 5.41) is 13.3. The zero-order valence-electron chi connectivity index (χ0n) is 11.3. The standard InChI is InChI=1S/C14H9F2IN2O3S/c15-14(16)23-10-3-1-2-8(6-10)18-13(20)11-5-4-9(19(21)22)7-12(11)17/h1-7,14H,(H,18,20). The first-order chi connectivity index (χ1) is 10.9. The molecule has 0 aromatic heterocycles. The Morgan fingerprint density at radius 2 is 2.00 bits per heavy atom. The fourth-order valence-corrected chi connectivity index (χ4v) is 3.05. The number of thioether (sulfide) groups is 1. The Balaban J connectivity index is 2.17. The molecule has 0 heterocycles. The number of carbonyl (C=O) groups is 1. The van der Waals surface area contributed by atoms with E-state index < -0.39 is 16.6 Å². The van der Waals surface area contributed by atoms with Gasteiger partial charge in [0, 0.05) is 26.3 Å². The average Bonchev–Trinajstić information content (AvgIpc) is 2.46. The molecule has 120 valence electrons. The van der Waals surface area contributed by atoms with Gasteiger partial charge in [-0.15, -0.1) is 0 Å². The second-order valence-corrected chi connectivity index (χ2v) is 6.51. The van der Waals surface area contributed by atoms with Crippen molar-refractivity contribution in [3.8, 4) is 0 Å². The SMILES string of the molecule is O=C(Nc1cccc(SC(F)F)c1)c1ccc([N+](=O)[O-])cc1I. The lowest BCUT2D eigenvalue weighted by atomic mass is 10.2. The average molecular weight is 450 g/mol. The van der Waals surface area contributed by atoms with Crippen LogP contribution in [0.3, 0.4) is 0 Å². The van der Waals surface area contributed by atoms with Crippen molar-refractivity contribution in [1.82, 2.24) is 0 Å². The molecule has 1 N–H and O–H groups in total. The summed E-state index contributed by atoms with van der Waals surface area (Å²) in [6.07, 6.45) is 0. The second kappa shape index (κ2) is 7.68. The number of hydrogen-bond donors (Lipinski definition) is 1. The third kappa shape index (κ3) is 4.86. The number of halogens is 3. The van der Waals surface area contributed by atoms with Gasteiger partial charge in [0.25, 0.3) is 17.4 Å².